The number of carbonyl (C=O) groups is 1. The summed E-state index contributed by atoms with van der Waals surface area (Å²) >= 11 is 0. The lowest BCUT2D eigenvalue weighted by atomic mass is 10.2. The van der Waals surface area contributed by atoms with Crippen molar-refractivity contribution in [2.24, 2.45) is 0 Å². The van der Waals surface area contributed by atoms with Crippen molar-refractivity contribution < 1.29 is 17.9 Å². The Balaban J connectivity index is 1.62. The molecule has 3 rings (SSSR count). The Bertz CT molecular complexity index is 1040. The van der Waals surface area contributed by atoms with Gasteiger partial charge < -0.3 is 10.1 Å². The van der Waals surface area contributed by atoms with E-state index in [0.29, 0.717) is 30.0 Å². The van der Waals surface area contributed by atoms with Crippen LogP contribution in [-0.2, 0) is 21.4 Å². The van der Waals surface area contributed by atoms with Crippen LogP contribution < -0.4 is 10.1 Å². The molecule has 8 heteroatoms. The van der Waals surface area contributed by atoms with Crippen LogP contribution in [0.4, 0.5) is 0 Å². The molecule has 0 radical (unpaired) electrons. The van der Waals surface area contributed by atoms with Gasteiger partial charge in [-0.3, -0.25) is 4.79 Å². The van der Waals surface area contributed by atoms with Crippen molar-refractivity contribution in [2.45, 2.75) is 43.7 Å². The highest BCUT2D eigenvalue weighted by Crippen LogP contribution is 2.21. The number of sulfonamides is 1. The smallest absolute Gasteiger partial charge is 0.261 e. The van der Waals surface area contributed by atoms with Crippen LogP contribution in [0.1, 0.15) is 37.3 Å². The number of piperidine rings is 1. The van der Waals surface area contributed by atoms with Crippen molar-refractivity contribution in [1.82, 2.24) is 9.62 Å². The van der Waals surface area contributed by atoms with Crippen molar-refractivity contribution in [3.8, 4) is 11.8 Å². The molecule has 2 aromatic rings. The Morgan fingerprint density at radius 2 is 1.90 bits per heavy atom. The fourth-order valence-corrected chi connectivity index (χ4v) is 4.90. The summed E-state index contributed by atoms with van der Waals surface area (Å²) in [5.41, 5.74) is 1.04. The van der Waals surface area contributed by atoms with E-state index in [2.05, 4.69) is 5.32 Å². The van der Waals surface area contributed by atoms with Gasteiger partial charge in [0.25, 0.3) is 5.91 Å². The van der Waals surface area contributed by atoms with E-state index in [1.54, 1.807) is 55.5 Å². The van der Waals surface area contributed by atoms with Gasteiger partial charge in [-0.2, -0.15) is 9.57 Å². The van der Waals surface area contributed by atoms with Crippen molar-refractivity contribution >= 4 is 15.9 Å². The maximum Gasteiger partial charge on any atom is 0.261 e. The molecule has 158 valence electrons. The Morgan fingerprint density at radius 3 is 2.63 bits per heavy atom. The molecule has 1 N–H and O–H groups in total. The van der Waals surface area contributed by atoms with E-state index in [1.807, 2.05) is 6.07 Å². The van der Waals surface area contributed by atoms with Gasteiger partial charge >= 0.3 is 0 Å². The van der Waals surface area contributed by atoms with E-state index in [4.69, 9.17) is 10.00 Å². The number of ether oxygens (including phenoxy) is 1. The van der Waals surface area contributed by atoms with Gasteiger partial charge in [-0.25, -0.2) is 8.42 Å². The number of hydrogen-bond acceptors (Lipinski definition) is 5. The number of nitrogens with zero attached hydrogens (tertiary/aromatic N) is 2. The highest BCUT2D eigenvalue weighted by molar-refractivity contribution is 7.89. The van der Waals surface area contributed by atoms with Crippen LogP contribution in [0.15, 0.2) is 53.4 Å². The van der Waals surface area contributed by atoms with E-state index >= 15 is 0 Å². The molecule has 1 aliphatic heterocycles. The number of benzene rings is 2. The molecule has 1 amide bonds. The molecule has 0 spiro atoms. The standard InChI is InChI=1S/C22H25N3O4S/c1-17(29-21-11-4-3-9-19(21)15-23)22(26)24-16-18-8-7-10-20(14-18)30(27,28)25-12-5-2-6-13-25/h3-4,7-11,14,17H,2,5-6,12-13,16H2,1H3,(H,24,26). The van der Waals surface area contributed by atoms with Crippen LogP contribution in [0.25, 0.3) is 0 Å². The molecule has 1 saturated heterocycles. The summed E-state index contributed by atoms with van der Waals surface area (Å²) in [6.07, 6.45) is 2.00. The van der Waals surface area contributed by atoms with Crippen molar-refractivity contribution in [3.05, 3.63) is 59.7 Å². The summed E-state index contributed by atoms with van der Waals surface area (Å²) in [5.74, 6) is -0.00990. The average Bonchev–Trinajstić information content (AvgIpc) is 2.78. The van der Waals surface area contributed by atoms with E-state index in [-0.39, 0.29) is 17.3 Å². The maximum atomic E-state index is 12.8. The summed E-state index contributed by atoms with van der Waals surface area (Å²) in [4.78, 5) is 12.6. The molecule has 0 saturated carbocycles. The van der Waals surface area contributed by atoms with E-state index in [9.17, 15) is 13.2 Å². The number of nitrogens with one attached hydrogen (secondary N) is 1. The quantitative estimate of drug-likeness (QED) is 0.732. The molecule has 1 fully saturated rings. The predicted molar refractivity (Wildman–Crippen MR) is 112 cm³/mol. The monoisotopic (exact) mass is 427 g/mol. The van der Waals surface area contributed by atoms with Crippen LogP contribution in [0.2, 0.25) is 0 Å². The second-order valence-electron chi connectivity index (χ2n) is 7.20. The maximum absolute atomic E-state index is 12.8. The fourth-order valence-electron chi connectivity index (χ4n) is 3.31. The topological polar surface area (TPSA) is 99.5 Å². The highest BCUT2D eigenvalue weighted by Gasteiger charge is 2.26. The van der Waals surface area contributed by atoms with E-state index < -0.39 is 16.1 Å². The largest absolute Gasteiger partial charge is 0.480 e. The lowest BCUT2D eigenvalue weighted by Crippen LogP contribution is -2.36. The fraction of sp³-hybridized carbons (Fsp3) is 0.364. The average molecular weight is 428 g/mol. The highest BCUT2D eigenvalue weighted by atomic mass is 32.2. The zero-order chi connectivity index (χ0) is 21.6. The third-order valence-electron chi connectivity index (χ3n) is 5.00. The Morgan fingerprint density at radius 1 is 1.17 bits per heavy atom. The van der Waals surface area contributed by atoms with Crippen molar-refractivity contribution in [1.29, 1.82) is 5.26 Å². The number of amides is 1. The minimum absolute atomic E-state index is 0.176. The number of carbonyl (C=O) groups excluding carboxylic acids is 1. The predicted octanol–water partition coefficient (Wildman–Crippen LogP) is 2.82. The molecule has 30 heavy (non-hydrogen) atoms. The minimum atomic E-state index is -3.52. The van der Waals surface area contributed by atoms with Crippen LogP contribution in [-0.4, -0.2) is 37.8 Å². The second-order valence-corrected chi connectivity index (χ2v) is 9.14. The Labute approximate surface area is 177 Å². The molecule has 0 bridgehead atoms. The molecule has 0 aromatic heterocycles. The van der Waals surface area contributed by atoms with Gasteiger partial charge in [-0.15, -0.1) is 0 Å². The van der Waals surface area contributed by atoms with E-state index in [1.165, 1.54) is 4.31 Å². The van der Waals surface area contributed by atoms with Gasteiger partial charge in [0.15, 0.2) is 6.10 Å². The van der Waals surface area contributed by atoms with Crippen LogP contribution >= 0.6 is 0 Å². The lowest BCUT2D eigenvalue weighted by molar-refractivity contribution is -0.127. The normalized spacial score (nSPS) is 15.7. The molecule has 1 heterocycles. The SMILES string of the molecule is CC(Oc1ccccc1C#N)C(=O)NCc1cccc(S(=O)(=O)N2CCCCC2)c1. The zero-order valence-electron chi connectivity index (χ0n) is 16.9. The molecular formula is C22H25N3O4S. The number of para-hydroxylation sites is 1. The molecule has 0 aliphatic carbocycles. The van der Waals surface area contributed by atoms with Gasteiger partial charge in [-0.1, -0.05) is 30.7 Å². The van der Waals surface area contributed by atoms with Crippen molar-refractivity contribution in [3.63, 3.8) is 0 Å². The van der Waals surface area contributed by atoms with Gasteiger partial charge in [0.1, 0.15) is 11.8 Å². The number of hydrogen-bond donors (Lipinski definition) is 1. The van der Waals surface area contributed by atoms with Crippen LogP contribution in [0.5, 0.6) is 5.75 Å². The van der Waals surface area contributed by atoms with Crippen molar-refractivity contribution in [2.75, 3.05) is 13.1 Å². The lowest BCUT2D eigenvalue weighted by Gasteiger charge is -2.26. The molecule has 2 aromatic carbocycles. The second kappa shape index (κ2) is 9.74. The summed E-state index contributed by atoms with van der Waals surface area (Å²) in [5, 5.41) is 11.9. The molecular weight excluding hydrogens is 402 g/mol. The summed E-state index contributed by atoms with van der Waals surface area (Å²) in [7, 11) is -3.52. The summed E-state index contributed by atoms with van der Waals surface area (Å²) in [6, 6.07) is 15.4. The molecule has 1 unspecified atom stereocenters. The first-order chi connectivity index (χ1) is 14.4. The first-order valence-corrected chi connectivity index (χ1v) is 11.4. The summed E-state index contributed by atoms with van der Waals surface area (Å²) < 4.78 is 32.8. The molecule has 1 atom stereocenters. The third-order valence-corrected chi connectivity index (χ3v) is 6.89. The van der Waals surface area contributed by atoms with Gasteiger partial charge in [0, 0.05) is 19.6 Å². The molecule has 1 aliphatic rings. The van der Waals surface area contributed by atoms with E-state index in [0.717, 1.165) is 19.3 Å². The van der Waals surface area contributed by atoms with Gasteiger partial charge in [0.2, 0.25) is 10.0 Å². The third kappa shape index (κ3) is 5.17. The Kier molecular flexibility index (Phi) is 7.08. The zero-order valence-corrected chi connectivity index (χ0v) is 17.7. The first kappa shape index (κ1) is 21.8. The number of rotatable bonds is 7. The van der Waals surface area contributed by atoms with Crippen LogP contribution in [0, 0.1) is 11.3 Å². The minimum Gasteiger partial charge on any atom is -0.480 e. The molecule has 7 nitrogen and oxygen atoms in total. The first-order valence-electron chi connectivity index (χ1n) is 9.94. The van der Waals surface area contributed by atoms with Crippen LogP contribution in [0.3, 0.4) is 0 Å². The van der Waals surface area contributed by atoms with Gasteiger partial charge in [-0.05, 0) is 49.6 Å². The van der Waals surface area contributed by atoms with Gasteiger partial charge in [0.05, 0.1) is 10.5 Å². The Hall–Kier alpha value is -2.89. The summed E-state index contributed by atoms with van der Waals surface area (Å²) in [6.45, 7) is 2.86. The number of nitriles is 1.